The summed E-state index contributed by atoms with van der Waals surface area (Å²) in [7, 11) is -2.53. The van der Waals surface area contributed by atoms with Crippen molar-refractivity contribution in [2.75, 3.05) is 17.1 Å². The first-order valence-corrected chi connectivity index (χ1v) is 10.5. The van der Waals surface area contributed by atoms with Crippen LogP contribution < -0.4 is 14.8 Å². The monoisotopic (exact) mass is 441 g/mol. The number of aryl methyl sites for hydroxylation is 1. The van der Waals surface area contributed by atoms with Gasteiger partial charge in [-0.1, -0.05) is 17.7 Å². The van der Waals surface area contributed by atoms with Crippen LogP contribution in [0.15, 0.2) is 71.6 Å². The second kappa shape index (κ2) is 8.84. The van der Waals surface area contributed by atoms with E-state index in [2.05, 4.69) is 10.0 Å². The zero-order chi connectivity index (χ0) is 22.6. The molecule has 0 spiro atoms. The van der Waals surface area contributed by atoms with Crippen molar-refractivity contribution in [2.24, 2.45) is 0 Å². The summed E-state index contributed by atoms with van der Waals surface area (Å²) in [5, 5.41) is 13.3. The molecule has 0 atom stereocenters. The molecule has 3 rings (SSSR count). The van der Waals surface area contributed by atoms with Crippen molar-refractivity contribution in [3.8, 4) is 5.75 Å². The van der Waals surface area contributed by atoms with Crippen LogP contribution in [-0.4, -0.2) is 26.4 Å². The summed E-state index contributed by atoms with van der Waals surface area (Å²) in [6.45, 7) is 1.90. The van der Waals surface area contributed by atoms with Gasteiger partial charge in [0.05, 0.1) is 22.6 Å². The van der Waals surface area contributed by atoms with Crippen LogP contribution in [0.5, 0.6) is 5.75 Å². The van der Waals surface area contributed by atoms with Gasteiger partial charge >= 0.3 is 0 Å². The third-order valence-electron chi connectivity index (χ3n) is 4.38. The van der Waals surface area contributed by atoms with Crippen LogP contribution in [-0.2, 0) is 10.0 Å². The first-order valence-electron chi connectivity index (χ1n) is 9.03. The number of non-ortho nitro benzene ring substituents is 1. The normalized spacial score (nSPS) is 10.9. The minimum absolute atomic E-state index is 0.0433. The van der Waals surface area contributed by atoms with Gasteiger partial charge in [0.25, 0.3) is 21.6 Å². The van der Waals surface area contributed by atoms with Gasteiger partial charge in [-0.15, -0.1) is 0 Å². The van der Waals surface area contributed by atoms with Crippen LogP contribution in [0.3, 0.4) is 0 Å². The fraction of sp³-hybridized carbons (Fsp3) is 0.0952. The molecular formula is C21H19N3O6S. The lowest BCUT2D eigenvalue weighted by Gasteiger charge is -2.13. The highest BCUT2D eigenvalue weighted by atomic mass is 32.2. The first-order chi connectivity index (χ1) is 14.7. The highest BCUT2D eigenvalue weighted by molar-refractivity contribution is 7.92. The van der Waals surface area contributed by atoms with Gasteiger partial charge in [-0.3, -0.25) is 19.6 Å². The molecule has 0 bridgehead atoms. The number of nitro groups is 1. The molecule has 160 valence electrons. The second-order valence-corrected chi connectivity index (χ2v) is 8.27. The number of benzene rings is 3. The number of carbonyl (C=O) groups excluding carboxylic acids is 1. The van der Waals surface area contributed by atoms with Crippen LogP contribution >= 0.6 is 0 Å². The molecule has 31 heavy (non-hydrogen) atoms. The Balaban J connectivity index is 1.81. The minimum atomic E-state index is -3.88. The Morgan fingerprint density at radius 3 is 2.23 bits per heavy atom. The summed E-state index contributed by atoms with van der Waals surface area (Å²) in [6, 6.07) is 16.0. The van der Waals surface area contributed by atoms with E-state index in [1.54, 1.807) is 24.3 Å². The van der Waals surface area contributed by atoms with E-state index in [-0.39, 0.29) is 27.6 Å². The van der Waals surface area contributed by atoms with Crippen molar-refractivity contribution < 1.29 is 22.9 Å². The smallest absolute Gasteiger partial charge is 0.269 e. The molecule has 10 heteroatoms. The molecule has 3 aromatic rings. The molecular weight excluding hydrogens is 422 g/mol. The molecule has 2 N–H and O–H groups in total. The molecule has 9 nitrogen and oxygen atoms in total. The van der Waals surface area contributed by atoms with Gasteiger partial charge in [-0.05, 0) is 43.3 Å². The van der Waals surface area contributed by atoms with Crippen LogP contribution in [0.25, 0.3) is 0 Å². The Morgan fingerprint density at radius 2 is 1.65 bits per heavy atom. The first kappa shape index (κ1) is 21.8. The summed E-state index contributed by atoms with van der Waals surface area (Å²) >= 11 is 0. The topological polar surface area (TPSA) is 128 Å². The number of amides is 1. The van der Waals surface area contributed by atoms with Crippen LogP contribution in [0.1, 0.15) is 15.9 Å². The van der Waals surface area contributed by atoms with Crippen LogP contribution in [0.2, 0.25) is 0 Å². The van der Waals surface area contributed by atoms with Gasteiger partial charge in [-0.2, -0.15) is 0 Å². The summed E-state index contributed by atoms with van der Waals surface area (Å²) in [5.74, 6) is -0.386. The number of nitrogens with zero attached hydrogens (tertiary/aromatic N) is 1. The number of rotatable bonds is 7. The largest absolute Gasteiger partial charge is 0.495 e. The van der Waals surface area contributed by atoms with E-state index in [1.165, 1.54) is 49.6 Å². The van der Waals surface area contributed by atoms with Crippen LogP contribution in [0, 0.1) is 17.0 Å². The van der Waals surface area contributed by atoms with Crippen molar-refractivity contribution in [2.45, 2.75) is 11.8 Å². The maximum absolute atomic E-state index is 12.7. The Morgan fingerprint density at radius 1 is 1.00 bits per heavy atom. The Bertz CT molecular complexity index is 1220. The zero-order valence-electron chi connectivity index (χ0n) is 16.7. The molecule has 0 aliphatic heterocycles. The van der Waals surface area contributed by atoms with Gasteiger partial charge < -0.3 is 10.1 Å². The van der Waals surface area contributed by atoms with E-state index in [4.69, 9.17) is 4.74 Å². The number of hydrogen-bond acceptors (Lipinski definition) is 6. The maximum Gasteiger partial charge on any atom is 0.269 e. The van der Waals surface area contributed by atoms with Crippen molar-refractivity contribution >= 4 is 33.0 Å². The van der Waals surface area contributed by atoms with Gasteiger partial charge in [0.15, 0.2) is 0 Å². The average molecular weight is 441 g/mol. The van der Waals surface area contributed by atoms with E-state index >= 15 is 0 Å². The Labute approximate surface area is 178 Å². The maximum atomic E-state index is 12.7. The number of methoxy groups -OCH3 is 1. The lowest BCUT2D eigenvalue weighted by atomic mass is 10.2. The molecule has 0 aliphatic carbocycles. The quantitative estimate of drug-likeness (QED) is 0.422. The number of anilines is 2. The summed E-state index contributed by atoms with van der Waals surface area (Å²) in [6.07, 6.45) is 0. The number of nitrogens with one attached hydrogen (secondary N) is 2. The molecule has 0 unspecified atom stereocenters. The number of nitro benzene ring substituents is 1. The average Bonchev–Trinajstić information content (AvgIpc) is 2.75. The van der Waals surface area contributed by atoms with Gasteiger partial charge in [-0.25, -0.2) is 8.42 Å². The highest BCUT2D eigenvalue weighted by Gasteiger charge is 2.18. The predicted octanol–water partition coefficient (Wildman–Crippen LogP) is 3.96. The van der Waals surface area contributed by atoms with E-state index in [0.717, 1.165) is 5.56 Å². The van der Waals surface area contributed by atoms with E-state index in [9.17, 15) is 23.3 Å². The molecule has 0 saturated heterocycles. The lowest BCUT2D eigenvalue weighted by molar-refractivity contribution is -0.384. The minimum Gasteiger partial charge on any atom is -0.495 e. The molecule has 0 heterocycles. The second-order valence-electron chi connectivity index (χ2n) is 6.59. The molecule has 0 radical (unpaired) electrons. The predicted molar refractivity (Wildman–Crippen MR) is 116 cm³/mol. The van der Waals surface area contributed by atoms with E-state index < -0.39 is 20.9 Å². The molecule has 0 fully saturated rings. The van der Waals surface area contributed by atoms with E-state index in [1.807, 2.05) is 6.92 Å². The van der Waals surface area contributed by atoms with Gasteiger partial charge in [0.2, 0.25) is 0 Å². The molecule has 0 aromatic heterocycles. The van der Waals surface area contributed by atoms with Crippen LogP contribution in [0.4, 0.5) is 17.1 Å². The molecule has 1 amide bonds. The standard InChI is InChI=1S/C21H19N3O6S/c1-14-3-7-16(8-4-14)23-31(28,29)18-11-12-19(20(13-18)30-2)22-21(25)15-5-9-17(10-6-15)24(26)27/h3-13,23H,1-2H3,(H,22,25). The lowest BCUT2D eigenvalue weighted by Crippen LogP contribution is -2.15. The number of hydrogen-bond donors (Lipinski definition) is 2. The van der Waals surface area contributed by atoms with Crippen molar-refractivity contribution in [1.29, 1.82) is 0 Å². The summed E-state index contributed by atoms with van der Waals surface area (Å²) in [4.78, 5) is 22.6. The van der Waals surface area contributed by atoms with Gasteiger partial charge in [0, 0.05) is 29.4 Å². The molecule has 3 aromatic carbocycles. The van der Waals surface area contributed by atoms with Crippen molar-refractivity contribution in [3.63, 3.8) is 0 Å². The van der Waals surface area contributed by atoms with Crippen molar-refractivity contribution in [1.82, 2.24) is 0 Å². The van der Waals surface area contributed by atoms with E-state index in [0.29, 0.717) is 5.69 Å². The Kier molecular flexibility index (Phi) is 6.21. The highest BCUT2D eigenvalue weighted by Crippen LogP contribution is 2.29. The summed E-state index contributed by atoms with van der Waals surface area (Å²) in [5.41, 5.74) is 1.73. The van der Waals surface area contributed by atoms with Gasteiger partial charge in [0.1, 0.15) is 5.75 Å². The number of ether oxygens (including phenoxy) is 1. The molecule has 0 saturated carbocycles. The summed E-state index contributed by atoms with van der Waals surface area (Å²) < 4.78 is 33.1. The fourth-order valence-electron chi connectivity index (χ4n) is 2.71. The third kappa shape index (κ3) is 5.17. The number of carbonyl (C=O) groups is 1. The molecule has 0 aliphatic rings. The van der Waals surface area contributed by atoms with Crippen molar-refractivity contribution in [3.05, 3.63) is 88.0 Å². The fourth-order valence-corrected chi connectivity index (χ4v) is 3.78. The third-order valence-corrected chi connectivity index (χ3v) is 5.75. The Hall–Kier alpha value is -3.92. The zero-order valence-corrected chi connectivity index (χ0v) is 17.5. The number of sulfonamides is 1. The SMILES string of the molecule is COc1cc(S(=O)(=O)Nc2ccc(C)cc2)ccc1NC(=O)c1ccc([N+](=O)[O-])cc1.